The second-order valence-corrected chi connectivity index (χ2v) is 6.39. The molecule has 2 rings (SSSR count). The highest BCUT2D eigenvalue weighted by Gasteiger charge is 2.51. The van der Waals surface area contributed by atoms with E-state index in [2.05, 4.69) is 13.8 Å². The summed E-state index contributed by atoms with van der Waals surface area (Å²) in [6, 6.07) is 7.63. The summed E-state index contributed by atoms with van der Waals surface area (Å²) in [7, 11) is 0. The summed E-state index contributed by atoms with van der Waals surface area (Å²) < 4.78 is 0. The molecule has 1 amide bonds. The van der Waals surface area contributed by atoms with E-state index >= 15 is 0 Å². The Kier molecular flexibility index (Phi) is 4.08. The standard InChI is InChI=1S/C17H23NO3/c1-4-11-18(12-19)17(15(20)21)10-9-16(2,3)13-7-5-6-8-14(13)17/h5-8,12H,4,9-11H2,1-3H3,(H,20,21). The van der Waals surface area contributed by atoms with Crippen LogP contribution in [0.3, 0.4) is 0 Å². The number of amides is 1. The number of rotatable bonds is 5. The van der Waals surface area contributed by atoms with Crippen LogP contribution in [0.4, 0.5) is 0 Å². The monoisotopic (exact) mass is 289 g/mol. The molecule has 1 unspecified atom stereocenters. The van der Waals surface area contributed by atoms with Crippen LogP contribution in [0.2, 0.25) is 0 Å². The summed E-state index contributed by atoms with van der Waals surface area (Å²) in [6.07, 6.45) is 2.61. The molecule has 0 aliphatic heterocycles. The molecular weight excluding hydrogens is 266 g/mol. The van der Waals surface area contributed by atoms with Crippen LogP contribution in [-0.4, -0.2) is 28.9 Å². The number of carbonyl (C=O) groups excluding carboxylic acids is 1. The lowest BCUT2D eigenvalue weighted by atomic mass is 9.65. The van der Waals surface area contributed by atoms with Gasteiger partial charge in [-0.3, -0.25) is 4.79 Å². The van der Waals surface area contributed by atoms with E-state index < -0.39 is 11.5 Å². The average molecular weight is 289 g/mol. The van der Waals surface area contributed by atoms with Gasteiger partial charge >= 0.3 is 5.97 Å². The normalized spacial score (nSPS) is 23.2. The third-order valence-corrected chi connectivity index (χ3v) is 4.65. The summed E-state index contributed by atoms with van der Waals surface area (Å²) in [5.41, 5.74) is 0.483. The smallest absolute Gasteiger partial charge is 0.334 e. The van der Waals surface area contributed by atoms with Gasteiger partial charge in [0.15, 0.2) is 5.54 Å². The zero-order valence-corrected chi connectivity index (χ0v) is 12.9. The third kappa shape index (κ3) is 2.33. The Bertz CT molecular complexity index is 553. The van der Waals surface area contributed by atoms with Gasteiger partial charge in [0.1, 0.15) is 0 Å². The number of carbonyl (C=O) groups is 2. The summed E-state index contributed by atoms with van der Waals surface area (Å²) in [6.45, 7) is 6.65. The predicted octanol–water partition coefficient (Wildman–Crippen LogP) is 2.91. The van der Waals surface area contributed by atoms with Crippen molar-refractivity contribution in [2.45, 2.75) is 51.0 Å². The van der Waals surface area contributed by atoms with Crippen LogP contribution in [0, 0.1) is 0 Å². The summed E-state index contributed by atoms with van der Waals surface area (Å²) in [4.78, 5) is 25.1. The fourth-order valence-electron chi connectivity index (χ4n) is 3.41. The molecule has 21 heavy (non-hydrogen) atoms. The number of fused-ring (bicyclic) bond motifs is 1. The second kappa shape index (κ2) is 5.51. The Labute approximate surface area is 125 Å². The minimum Gasteiger partial charge on any atom is -0.479 e. The fourth-order valence-corrected chi connectivity index (χ4v) is 3.41. The zero-order chi connectivity index (χ0) is 15.7. The SMILES string of the molecule is CCCN(C=O)C1(C(=O)O)CCC(C)(C)c2ccccc21. The highest BCUT2D eigenvalue weighted by atomic mass is 16.4. The van der Waals surface area contributed by atoms with Gasteiger partial charge in [-0.05, 0) is 35.8 Å². The highest BCUT2D eigenvalue weighted by Crippen LogP contribution is 2.47. The van der Waals surface area contributed by atoms with Crippen molar-refractivity contribution >= 4 is 12.4 Å². The van der Waals surface area contributed by atoms with E-state index in [1.54, 1.807) is 0 Å². The van der Waals surface area contributed by atoms with Crippen molar-refractivity contribution in [1.29, 1.82) is 0 Å². The summed E-state index contributed by atoms with van der Waals surface area (Å²) >= 11 is 0. The van der Waals surface area contributed by atoms with Gasteiger partial charge < -0.3 is 10.0 Å². The van der Waals surface area contributed by atoms with Crippen LogP contribution < -0.4 is 0 Å². The number of hydrogen-bond donors (Lipinski definition) is 1. The van der Waals surface area contributed by atoms with Crippen LogP contribution in [0.15, 0.2) is 24.3 Å². The van der Waals surface area contributed by atoms with Gasteiger partial charge in [-0.25, -0.2) is 4.79 Å². The van der Waals surface area contributed by atoms with Gasteiger partial charge in [0.05, 0.1) is 0 Å². The van der Waals surface area contributed by atoms with E-state index in [0.29, 0.717) is 19.4 Å². The van der Waals surface area contributed by atoms with Crippen molar-refractivity contribution < 1.29 is 14.7 Å². The molecule has 114 valence electrons. The molecule has 1 aromatic rings. The van der Waals surface area contributed by atoms with E-state index in [9.17, 15) is 14.7 Å². The van der Waals surface area contributed by atoms with Crippen LogP contribution in [-0.2, 0) is 20.5 Å². The number of carboxylic acid groups (broad SMARTS) is 1. The molecule has 0 fully saturated rings. The number of benzene rings is 1. The molecule has 1 N–H and O–H groups in total. The van der Waals surface area contributed by atoms with Gasteiger partial charge in [0, 0.05) is 6.54 Å². The molecule has 1 aliphatic carbocycles. The summed E-state index contributed by atoms with van der Waals surface area (Å²) in [5, 5.41) is 9.93. The Balaban J connectivity index is 2.68. The topological polar surface area (TPSA) is 57.6 Å². The predicted molar refractivity (Wildman–Crippen MR) is 81.1 cm³/mol. The van der Waals surface area contributed by atoms with Crippen LogP contribution in [0.5, 0.6) is 0 Å². The zero-order valence-electron chi connectivity index (χ0n) is 12.9. The number of nitrogens with zero attached hydrogens (tertiary/aromatic N) is 1. The minimum atomic E-state index is -1.23. The molecule has 0 heterocycles. The number of carboxylic acids is 1. The first-order valence-corrected chi connectivity index (χ1v) is 7.45. The molecule has 0 spiro atoms. The van der Waals surface area contributed by atoms with E-state index in [-0.39, 0.29) is 5.41 Å². The minimum absolute atomic E-state index is 0.0731. The Morgan fingerprint density at radius 1 is 1.29 bits per heavy atom. The fraction of sp³-hybridized carbons (Fsp3) is 0.529. The quantitative estimate of drug-likeness (QED) is 0.848. The molecule has 1 atom stereocenters. The Morgan fingerprint density at radius 3 is 2.43 bits per heavy atom. The lowest BCUT2D eigenvalue weighted by Gasteiger charge is -2.47. The maximum absolute atomic E-state index is 12.1. The van der Waals surface area contributed by atoms with E-state index in [4.69, 9.17) is 0 Å². The Morgan fingerprint density at radius 2 is 1.90 bits per heavy atom. The summed E-state index contributed by atoms with van der Waals surface area (Å²) in [5.74, 6) is -0.939. The van der Waals surface area contributed by atoms with Crippen molar-refractivity contribution in [3.8, 4) is 0 Å². The molecule has 0 saturated heterocycles. The molecule has 1 aliphatic rings. The largest absolute Gasteiger partial charge is 0.479 e. The van der Waals surface area contributed by atoms with Gasteiger partial charge in [-0.15, -0.1) is 0 Å². The molecule has 4 heteroatoms. The van der Waals surface area contributed by atoms with Crippen molar-refractivity contribution in [3.05, 3.63) is 35.4 Å². The van der Waals surface area contributed by atoms with Crippen LogP contribution in [0.25, 0.3) is 0 Å². The molecule has 0 bridgehead atoms. The first kappa shape index (κ1) is 15.5. The van der Waals surface area contributed by atoms with Gasteiger partial charge in [0.2, 0.25) is 6.41 Å². The van der Waals surface area contributed by atoms with E-state index in [1.165, 1.54) is 4.90 Å². The molecular formula is C17H23NO3. The van der Waals surface area contributed by atoms with Crippen LogP contribution >= 0.6 is 0 Å². The lowest BCUT2D eigenvalue weighted by Crippen LogP contribution is -2.55. The maximum Gasteiger partial charge on any atom is 0.334 e. The highest BCUT2D eigenvalue weighted by molar-refractivity contribution is 5.84. The average Bonchev–Trinajstić information content (AvgIpc) is 2.46. The second-order valence-electron chi connectivity index (χ2n) is 6.39. The van der Waals surface area contributed by atoms with Crippen molar-refractivity contribution in [2.24, 2.45) is 0 Å². The molecule has 0 radical (unpaired) electrons. The molecule has 1 aromatic carbocycles. The van der Waals surface area contributed by atoms with Crippen molar-refractivity contribution in [1.82, 2.24) is 4.90 Å². The number of hydrogen-bond acceptors (Lipinski definition) is 2. The molecule has 0 aromatic heterocycles. The van der Waals surface area contributed by atoms with Gasteiger partial charge in [-0.2, -0.15) is 0 Å². The first-order chi connectivity index (χ1) is 9.90. The van der Waals surface area contributed by atoms with Crippen molar-refractivity contribution in [2.75, 3.05) is 6.54 Å². The van der Waals surface area contributed by atoms with E-state index in [0.717, 1.165) is 24.0 Å². The van der Waals surface area contributed by atoms with Gasteiger partial charge in [-0.1, -0.05) is 45.0 Å². The number of aliphatic carboxylic acids is 1. The van der Waals surface area contributed by atoms with Gasteiger partial charge in [0.25, 0.3) is 0 Å². The van der Waals surface area contributed by atoms with E-state index in [1.807, 2.05) is 31.2 Å². The molecule has 4 nitrogen and oxygen atoms in total. The Hall–Kier alpha value is -1.84. The maximum atomic E-state index is 12.1. The third-order valence-electron chi connectivity index (χ3n) is 4.65. The molecule has 0 saturated carbocycles. The van der Waals surface area contributed by atoms with Crippen molar-refractivity contribution in [3.63, 3.8) is 0 Å². The first-order valence-electron chi connectivity index (χ1n) is 7.45. The lowest BCUT2D eigenvalue weighted by molar-refractivity contribution is -0.158. The van der Waals surface area contributed by atoms with Crippen LogP contribution in [0.1, 0.15) is 51.2 Å².